The van der Waals surface area contributed by atoms with Crippen LogP contribution in [0.2, 0.25) is 5.15 Å². The molecule has 0 saturated carbocycles. The summed E-state index contributed by atoms with van der Waals surface area (Å²) in [5.74, 6) is 2.18. The van der Waals surface area contributed by atoms with E-state index in [1.54, 1.807) is 19.3 Å². The molecule has 0 unspecified atom stereocenters. The monoisotopic (exact) mass is 321 g/mol. The van der Waals surface area contributed by atoms with E-state index >= 15 is 0 Å². The summed E-state index contributed by atoms with van der Waals surface area (Å²) >= 11 is 7.33. The lowest BCUT2D eigenvalue weighted by atomic mass is 10.2. The normalized spacial score (nSPS) is 11.0. The van der Waals surface area contributed by atoms with Crippen LogP contribution in [0, 0.1) is 13.8 Å². The van der Waals surface area contributed by atoms with Crippen LogP contribution in [-0.2, 0) is 7.05 Å². The fourth-order valence-electron chi connectivity index (χ4n) is 1.91. The van der Waals surface area contributed by atoms with Gasteiger partial charge in [0.15, 0.2) is 11.0 Å². The van der Waals surface area contributed by atoms with Gasteiger partial charge in [-0.2, -0.15) is 0 Å². The van der Waals surface area contributed by atoms with Crippen LogP contribution in [-0.4, -0.2) is 24.7 Å². The first kappa shape index (κ1) is 14.1. The van der Waals surface area contributed by atoms with Gasteiger partial charge in [0.25, 0.3) is 0 Å². The Labute approximate surface area is 130 Å². The molecule has 21 heavy (non-hydrogen) atoms. The van der Waals surface area contributed by atoms with Gasteiger partial charge in [0.1, 0.15) is 21.8 Å². The van der Waals surface area contributed by atoms with E-state index in [9.17, 15) is 0 Å². The molecule has 0 aromatic carbocycles. The number of rotatable bonds is 3. The molecule has 0 saturated heterocycles. The number of nitrogens with zero attached hydrogens (tertiary/aromatic N) is 5. The maximum Gasteiger partial charge on any atom is 0.197 e. The van der Waals surface area contributed by atoms with Gasteiger partial charge in [-0.25, -0.2) is 9.97 Å². The summed E-state index contributed by atoms with van der Waals surface area (Å²) in [6.07, 6.45) is 1.64. The van der Waals surface area contributed by atoms with Crippen molar-refractivity contribution in [3.8, 4) is 11.4 Å². The highest BCUT2D eigenvalue weighted by Crippen LogP contribution is 2.29. The topological polar surface area (TPSA) is 69.6 Å². The van der Waals surface area contributed by atoms with Crippen LogP contribution in [0.15, 0.2) is 33.0 Å². The second-order valence-electron chi connectivity index (χ2n) is 4.43. The molecule has 0 N–H and O–H groups in total. The predicted molar refractivity (Wildman–Crippen MR) is 79.3 cm³/mol. The number of aryl methyl sites for hydroxylation is 2. The van der Waals surface area contributed by atoms with Gasteiger partial charge in [0, 0.05) is 13.1 Å². The molecule has 0 atom stereocenters. The molecule has 0 radical (unpaired) electrons. The zero-order valence-electron chi connectivity index (χ0n) is 11.7. The van der Waals surface area contributed by atoms with Crippen molar-refractivity contribution in [3.05, 3.63) is 35.1 Å². The Morgan fingerprint density at radius 2 is 2.05 bits per heavy atom. The average Bonchev–Trinajstić information content (AvgIpc) is 2.96. The SMILES string of the molecule is Cc1nc(Cl)cc(Sc2nnc(-c3ccoc3C)n2C)n1. The van der Waals surface area contributed by atoms with Crippen molar-refractivity contribution in [1.29, 1.82) is 0 Å². The van der Waals surface area contributed by atoms with Gasteiger partial charge in [-0.3, -0.25) is 0 Å². The number of aromatic nitrogens is 5. The van der Waals surface area contributed by atoms with Crippen molar-refractivity contribution in [2.24, 2.45) is 7.05 Å². The third-order valence-electron chi connectivity index (χ3n) is 2.91. The summed E-state index contributed by atoms with van der Waals surface area (Å²) in [7, 11) is 1.90. The Morgan fingerprint density at radius 3 is 2.71 bits per heavy atom. The van der Waals surface area contributed by atoms with Crippen molar-refractivity contribution >= 4 is 23.4 Å². The minimum absolute atomic E-state index is 0.415. The fourth-order valence-corrected chi connectivity index (χ4v) is 3.04. The second kappa shape index (κ2) is 5.50. The van der Waals surface area contributed by atoms with E-state index in [0.717, 1.165) is 27.3 Å². The van der Waals surface area contributed by atoms with Gasteiger partial charge >= 0.3 is 0 Å². The number of furan rings is 1. The highest BCUT2D eigenvalue weighted by molar-refractivity contribution is 7.99. The fraction of sp³-hybridized carbons (Fsp3) is 0.231. The molecule has 0 aliphatic carbocycles. The molecule has 0 spiro atoms. The lowest BCUT2D eigenvalue weighted by Gasteiger charge is -2.03. The van der Waals surface area contributed by atoms with Crippen LogP contribution in [0.1, 0.15) is 11.6 Å². The van der Waals surface area contributed by atoms with Crippen molar-refractivity contribution in [2.45, 2.75) is 24.0 Å². The highest BCUT2D eigenvalue weighted by atomic mass is 35.5. The minimum Gasteiger partial charge on any atom is -0.469 e. The maximum atomic E-state index is 5.94. The first-order valence-corrected chi connectivity index (χ1v) is 7.37. The molecule has 0 bridgehead atoms. The van der Waals surface area contributed by atoms with E-state index in [1.807, 2.05) is 24.6 Å². The zero-order valence-corrected chi connectivity index (χ0v) is 13.2. The van der Waals surface area contributed by atoms with Crippen LogP contribution in [0.4, 0.5) is 0 Å². The highest BCUT2D eigenvalue weighted by Gasteiger charge is 2.16. The molecule has 0 aliphatic heterocycles. The van der Waals surface area contributed by atoms with E-state index in [1.165, 1.54) is 11.8 Å². The van der Waals surface area contributed by atoms with Crippen LogP contribution < -0.4 is 0 Å². The van der Waals surface area contributed by atoms with Crippen LogP contribution in [0.5, 0.6) is 0 Å². The number of hydrogen-bond donors (Lipinski definition) is 0. The molecule has 3 aromatic rings. The lowest BCUT2D eigenvalue weighted by molar-refractivity contribution is 0.534. The first-order chi connectivity index (χ1) is 10.0. The predicted octanol–water partition coefficient (Wildman–Crippen LogP) is 3.29. The summed E-state index contributed by atoms with van der Waals surface area (Å²) in [5, 5.41) is 10.3. The third kappa shape index (κ3) is 2.79. The molecular formula is C13H12ClN5OS. The van der Waals surface area contributed by atoms with E-state index in [0.29, 0.717) is 11.0 Å². The summed E-state index contributed by atoms with van der Waals surface area (Å²) in [4.78, 5) is 8.37. The van der Waals surface area contributed by atoms with Crippen molar-refractivity contribution in [2.75, 3.05) is 0 Å². The van der Waals surface area contributed by atoms with Gasteiger partial charge in [0.2, 0.25) is 0 Å². The largest absolute Gasteiger partial charge is 0.469 e. The Bertz CT molecular complexity index is 777. The molecule has 108 valence electrons. The van der Waals surface area contributed by atoms with Crippen LogP contribution in [0.25, 0.3) is 11.4 Å². The Balaban J connectivity index is 1.94. The first-order valence-electron chi connectivity index (χ1n) is 6.17. The summed E-state index contributed by atoms with van der Waals surface area (Å²) in [5.41, 5.74) is 0.925. The Morgan fingerprint density at radius 1 is 1.24 bits per heavy atom. The van der Waals surface area contributed by atoms with Gasteiger partial charge in [-0.05, 0) is 31.7 Å². The molecule has 6 nitrogen and oxygen atoms in total. The summed E-state index contributed by atoms with van der Waals surface area (Å²) < 4.78 is 7.20. The third-order valence-corrected chi connectivity index (χ3v) is 4.06. The van der Waals surface area contributed by atoms with Crippen molar-refractivity contribution < 1.29 is 4.42 Å². The van der Waals surface area contributed by atoms with Gasteiger partial charge < -0.3 is 8.98 Å². The molecule has 0 amide bonds. The molecule has 3 heterocycles. The van der Waals surface area contributed by atoms with Gasteiger partial charge in [-0.15, -0.1) is 10.2 Å². The summed E-state index contributed by atoms with van der Waals surface area (Å²) in [6.45, 7) is 3.69. The van der Waals surface area contributed by atoms with Gasteiger partial charge in [-0.1, -0.05) is 11.6 Å². The average molecular weight is 322 g/mol. The maximum absolute atomic E-state index is 5.94. The van der Waals surface area contributed by atoms with Crippen molar-refractivity contribution in [3.63, 3.8) is 0 Å². The quantitative estimate of drug-likeness (QED) is 0.689. The van der Waals surface area contributed by atoms with E-state index < -0.39 is 0 Å². The lowest BCUT2D eigenvalue weighted by Crippen LogP contribution is -1.96. The van der Waals surface area contributed by atoms with Gasteiger partial charge in [0.05, 0.1) is 11.8 Å². The number of halogens is 1. The molecule has 3 aromatic heterocycles. The molecule has 3 rings (SSSR count). The second-order valence-corrected chi connectivity index (χ2v) is 5.81. The molecule has 0 aliphatic rings. The smallest absolute Gasteiger partial charge is 0.197 e. The van der Waals surface area contributed by atoms with Crippen molar-refractivity contribution in [1.82, 2.24) is 24.7 Å². The van der Waals surface area contributed by atoms with E-state index in [2.05, 4.69) is 20.2 Å². The zero-order chi connectivity index (χ0) is 15.0. The Hall–Kier alpha value is -1.86. The number of hydrogen-bond acceptors (Lipinski definition) is 6. The molecule has 0 fully saturated rings. The molecule has 8 heteroatoms. The minimum atomic E-state index is 0.415. The van der Waals surface area contributed by atoms with Crippen LogP contribution >= 0.6 is 23.4 Å². The standard InChI is InChI=1S/C13H12ClN5OS/c1-7-9(4-5-20-7)12-17-18-13(19(12)3)21-11-6-10(14)15-8(2)16-11/h4-6H,1-3H3. The Kier molecular flexibility index (Phi) is 3.69. The molecular weight excluding hydrogens is 310 g/mol. The summed E-state index contributed by atoms with van der Waals surface area (Å²) in [6, 6.07) is 3.58. The van der Waals surface area contributed by atoms with E-state index in [4.69, 9.17) is 16.0 Å². The van der Waals surface area contributed by atoms with E-state index in [-0.39, 0.29) is 0 Å². The van der Waals surface area contributed by atoms with Crippen LogP contribution in [0.3, 0.4) is 0 Å².